The van der Waals surface area contributed by atoms with E-state index >= 15 is 0 Å². The molecule has 0 saturated carbocycles. The molecule has 4 heteroatoms. The zero-order valence-electron chi connectivity index (χ0n) is 13.4. The van der Waals surface area contributed by atoms with Crippen molar-refractivity contribution in [1.82, 2.24) is 0 Å². The number of amides is 1. The van der Waals surface area contributed by atoms with Crippen LogP contribution in [0.15, 0.2) is 40.9 Å². The lowest BCUT2D eigenvalue weighted by Crippen LogP contribution is -2.36. The van der Waals surface area contributed by atoms with E-state index in [-0.39, 0.29) is 6.09 Å². The number of carbonyl (C=O) groups is 1. The largest absolute Gasteiger partial charge is 0.444 e. The number of rotatable bonds is 2. The van der Waals surface area contributed by atoms with Gasteiger partial charge in [-0.15, -0.1) is 0 Å². The molecule has 3 rings (SSSR count). The molecule has 2 aromatic carbocycles. The lowest BCUT2D eigenvalue weighted by molar-refractivity contribution is 0.146. The van der Waals surface area contributed by atoms with E-state index in [9.17, 15) is 4.79 Å². The molecular weight excluding hydrogens is 354 g/mol. The Hall–Kier alpha value is -1.81. The summed E-state index contributed by atoms with van der Waals surface area (Å²) in [4.78, 5) is 14.4. The van der Waals surface area contributed by atoms with Gasteiger partial charge < -0.3 is 4.74 Å². The average molecular weight is 374 g/mol. The van der Waals surface area contributed by atoms with Crippen LogP contribution in [0.4, 0.5) is 10.5 Å². The standard InChI is InChI=1S/C19H20BrNO2/c1-13-11-17(20)14(2)16-9-6-10-21(18(13)16)19(22)23-12-15-7-4-3-5-8-15/h3-5,7-8,11H,6,9-10,12H2,1-2H3. The van der Waals surface area contributed by atoms with Crippen molar-refractivity contribution in [2.45, 2.75) is 33.3 Å². The smallest absolute Gasteiger partial charge is 0.414 e. The van der Waals surface area contributed by atoms with Gasteiger partial charge >= 0.3 is 6.09 Å². The highest BCUT2D eigenvalue weighted by Gasteiger charge is 2.27. The minimum Gasteiger partial charge on any atom is -0.444 e. The van der Waals surface area contributed by atoms with Crippen LogP contribution in [0.2, 0.25) is 0 Å². The van der Waals surface area contributed by atoms with E-state index in [0.29, 0.717) is 13.2 Å². The Morgan fingerprint density at radius 3 is 2.74 bits per heavy atom. The molecule has 0 fully saturated rings. The van der Waals surface area contributed by atoms with Gasteiger partial charge in [0.05, 0.1) is 5.69 Å². The van der Waals surface area contributed by atoms with Gasteiger partial charge in [0.25, 0.3) is 0 Å². The molecule has 120 valence electrons. The molecule has 3 nitrogen and oxygen atoms in total. The van der Waals surface area contributed by atoms with E-state index in [1.54, 1.807) is 4.90 Å². The first kappa shape index (κ1) is 16.1. The number of hydrogen-bond donors (Lipinski definition) is 0. The summed E-state index contributed by atoms with van der Waals surface area (Å²) >= 11 is 3.61. The van der Waals surface area contributed by atoms with Crippen LogP contribution >= 0.6 is 15.9 Å². The highest BCUT2D eigenvalue weighted by atomic mass is 79.9. The van der Waals surface area contributed by atoms with Gasteiger partial charge in [0.2, 0.25) is 0 Å². The monoisotopic (exact) mass is 373 g/mol. The normalized spacial score (nSPS) is 13.6. The second-order valence-electron chi connectivity index (χ2n) is 5.92. The fraction of sp³-hybridized carbons (Fsp3) is 0.316. The lowest BCUT2D eigenvalue weighted by Gasteiger charge is -2.31. The van der Waals surface area contributed by atoms with Gasteiger partial charge in [-0.25, -0.2) is 4.79 Å². The Morgan fingerprint density at radius 2 is 2.00 bits per heavy atom. The fourth-order valence-electron chi connectivity index (χ4n) is 3.11. The maximum absolute atomic E-state index is 12.6. The molecule has 0 atom stereocenters. The molecule has 1 amide bonds. The Morgan fingerprint density at radius 1 is 1.26 bits per heavy atom. The number of halogens is 1. The van der Waals surface area contributed by atoms with Crippen LogP contribution in [-0.2, 0) is 17.8 Å². The molecule has 0 aromatic heterocycles. The first-order valence-electron chi connectivity index (χ1n) is 7.84. The maximum Gasteiger partial charge on any atom is 0.414 e. The van der Waals surface area contributed by atoms with Crippen molar-refractivity contribution >= 4 is 27.7 Å². The van der Waals surface area contributed by atoms with Gasteiger partial charge in [0.15, 0.2) is 0 Å². The second kappa shape index (κ2) is 6.75. The predicted molar refractivity (Wildman–Crippen MR) is 95.9 cm³/mol. The van der Waals surface area contributed by atoms with E-state index < -0.39 is 0 Å². The molecular formula is C19H20BrNO2. The van der Waals surface area contributed by atoms with Crippen molar-refractivity contribution in [1.29, 1.82) is 0 Å². The van der Waals surface area contributed by atoms with Gasteiger partial charge in [0, 0.05) is 11.0 Å². The molecule has 0 bridgehead atoms. The topological polar surface area (TPSA) is 29.5 Å². The molecule has 23 heavy (non-hydrogen) atoms. The minimum absolute atomic E-state index is 0.264. The van der Waals surface area contributed by atoms with Gasteiger partial charge in [-0.3, -0.25) is 4.90 Å². The van der Waals surface area contributed by atoms with Crippen molar-refractivity contribution in [2.24, 2.45) is 0 Å². The summed E-state index contributed by atoms with van der Waals surface area (Å²) in [6.45, 7) is 5.16. The number of nitrogens with zero attached hydrogens (tertiary/aromatic N) is 1. The third-order valence-corrected chi connectivity index (χ3v) is 5.14. The number of fused-ring (bicyclic) bond motifs is 1. The Kier molecular flexibility index (Phi) is 4.71. The second-order valence-corrected chi connectivity index (χ2v) is 6.78. The summed E-state index contributed by atoms with van der Waals surface area (Å²) in [7, 11) is 0. The van der Waals surface area contributed by atoms with Gasteiger partial charge in [-0.1, -0.05) is 46.3 Å². The fourth-order valence-corrected chi connectivity index (χ4v) is 3.70. The van der Waals surface area contributed by atoms with E-state index in [1.165, 1.54) is 11.1 Å². The zero-order valence-corrected chi connectivity index (χ0v) is 15.0. The number of aryl methyl sites for hydroxylation is 1. The van der Waals surface area contributed by atoms with Crippen LogP contribution in [0.1, 0.15) is 28.7 Å². The number of carbonyl (C=O) groups excluding carboxylic acids is 1. The van der Waals surface area contributed by atoms with E-state index in [2.05, 4.69) is 28.9 Å². The third kappa shape index (κ3) is 3.27. The highest BCUT2D eigenvalue weighted by molar-refractivity contribution is 9.10. The third-order valence-electron chi connectivity index (χ3n) is 4.32. The first-order chi connectivity index (χ1) is 11.1. The van der Waals surface area contributed by atoms with Crippen LogP contribution in [-0.4, -0.2) is 12.6 Å². The molecule has 0 radical (unpaired) electrons. The van der Waals surface area contributed by atoms with Crippen molar-refractivity contribution < 1.29 is 9.53 Å². The van der Waals surface area contributed by atoms with Gasteiger partial charge in [-0.2, -0.15) is 0 Å². The van der Waals surface area contributed by atoms with Crippen molar-refractivity contribution in [3.8, 4) is 0 Å². The van der Waals surface area contributed by atoms with E-state index in [1.807, 2.05) is 37.3 Å². The van der Waals surface area contributed by atoms with Crippen molar-refractivity contribution in [2.75, 3.05) is 11.4 Å². The van der Waals surface area contributed by atoms with Crippen LogP contribution in [0, 0.1) is 13.8 Å². The summed E-state index contributed by atoms with van der Waals surface area (Å²) in [6, 6.07) is 11.9. The molecule has 1 heterocycles. The Labute approximate surface area is 145 Å². The van der Waals surface area contributed by atoms with Gasteiger partial charge in [0.1, 0.15) is 6.61 Å². The summed E-state index contributed by atoms with van der Waals surface area (Å²) in [5.74, 6) is 0. The molecule has 0 saturated heterocycles. The number of benzene rings is 2. The zero-order chi connectivity index (χ0) is 16.4. The SMILES string of the molecule is Cc1cc(Br)c(C)c2c1N(C(=O)OCc1ccccc1)CCC2. The van der Waals surface area contributed by atoms with Gasteiger partial charge in [-0.05, 0) is 55.0 Å². The van der Waals surface area contributed by atoms with Crippen molar-refractivity contribution in [3.05, 3.63) is 63.1 Å². The molecule has 2 aromatic rings. The number of anilines is 1. The maximum atomic E-state index is 12.6. The van der Waals surface area contributed by atoms with Crippen LogP contribution < -0.4 is 4.90 Å². The average Bonchev–Trinajstić information content (AvgIpc) is 2.58. The quantitative estimate of drug-likeness (QED) is 0.727. The van der Waals surface area contributed by atoms with Crippen molar-refractivity contribution in [3.63, 3.8) is 0 Å². The molecule has 0 aliphatic carbocycles. The summed E-state index contributed by atoms with van der Waals surface area (Å²) < 4.78 is 6.63. The van der Waals surface area contributed by atoms with E-state index in [0.717, 1.165) is 34.1 Å². The highest BCUT2D eigenvalue weighted by Crippen LogP contribution is 2.37. The van der Waals surface area contributed by atoms with Crippen LogP contribution in [0.25, 0.3) is 0 Å². The molecule has 0 unspecified atom stereocenters. The number of ether oxygens (including phenoxy) is 1. The summed E-state index contributed by atoms with van der Waals surface area (Å²) in [5.41, 5.74) is 5.59. The van der Waals surface area contributed by atoms with Crippen LogP contribution in [0.3, 0.4) is 0 Å². The van der Waals surface area contributed by atoms with E-state index in [4.69, 9.17) is 4.74 Å². The molecule has 0 spiro atoms. The summed E-state index contributed by atoms with van der Waals surface area (Å²) in [5, 5.41) is 0. The molecule has 1 aliphatic heterocycles. The Balaban J connectivity index is 1.82. The summed E-state index contributed by atoms with van der Waals surface area (Å²) in [6.07, 6.45) is 1.70. The Bertz CT molecular complexity index is 728. The lowest BCUT2D eigenvalue weighted by atomic mass is 9.94. The minimum atomic E-state index is -0.264. The van der Waals surface area contributed by atoms with Crippen LogP contribution in [0.5, 0.6) is 0 Å². The molecule has 0 N–H and O–H groups in total. The first-order valence-corrected chi connectivity index (χ1v) is 8.64. The number of hydrogen-bond acceptors (Lipinski definition) is 2. The molecule has 1 aliphatic rings. The predicted octanol–water partition coefficient (Wildman–Crippen LogP) is 5.16.